The van der Waals surface area contributed by atoms with Gasteiger partial charge in [0.1, 0.15) is 5.82 Å². The normalized spacial score (nSPS) is 12.3. The van der Waals surface area contributed by atoms with Gasteiger partial charge in [0.05, 0.1) is 22.7 Å². The molecule has 2 heterocycles. The fraction of sp³-hybridized carbons (Fsp3) is 0.316. The van der Waals surface area contributed by atoms with Gasteiger partial charge in [-0.3, -0.25) is 4.84 Å². The van der Waals surface area contributed by atoms with E-state index in [0.717, 1.165) is 5.56 Å². The standard InChI is InChI=1S/C19H23N5O5S/c1-11-5-6-16(30(26,27)24-28-10-19(3,4)25)14(7-11)13-8-15(17(20)21-9-13)18-22-12(2)23-29-18/h5-9,24-25H,10H2,1-4H3,(H2,20,21). The number of nitrogens with two attached hydrogens (primary N) is 1. The minimum absolute atomic E-state index is 0.0249. The van der Waals surface area contributed by atoms with Crippen molar-refractivity contribution >= 4 is 15.8 Å². The molecule has 0 aliphatic heterocycles. The Morgan fingerprint density at radius 2 is 1.97 bits per heavy atom. The van der Waals surface area contributed by atoms with Crippen LogP contribution < -0.4 is 10.6 Å². The minimum Gasteiger partial charge on any atom is -0.388 e. The summed E-state index contributed by atoms with van der Waals surface area (Å²) >= 11 is 0. The molecule has 0 bridgehead atoms. The first-order valence-electron chi connectivity index (χ1n) is 8.99. The smallest absolute Gasteiger partial charge is 0.263 e. The fourth-order valence-corrected chi connectivity index (χ4v) is 3.65. The van der Waals surface area contributed by atoms with Gasteiger partial charge >= 0.3 is 0 Å². The Bertz CT molecular complexity index is 1170. The van der Waals surface area contributed by atoms with Crippen molar-refractivity contribution in [3.05, 3.63) is 41.9 Å². The van der Waals surface area contributed by atoms with E-state index < -0.39 is 15.6 Å². The number of anilines is 1. The Balaban J connectivity index is 2.04. The molecule has 160 valence electrons. The first-order chi connectivity index (χ1) is 14.0. The van der Waals surface area contributed by atoms with Crippen LogP contribution in [0.3, 0.4) is 0 Å². The zero-order valence-corrected chi connectivity index (χ0v) is 17.8. The summed E-state index contributed by atoms with van der Waals surface area (Å²) in [6.07, 6.45) is 1.47. The number of nitrogens with zero attached hydrogens (tertiary/aromatic N) is 3. The summed E-state index contributed by atoms with van der Waals surface area (Å²) in [6, 6.07) is 6.48. The third-order valence-electron chi connectivity index (χ3n) is 4.01. The molecule has 1 aromatic carbocycles. The molecule has 0 fully saturated rings. The topological polar surface area (TPSA) is 153 Å². The maximum Gasteiger partial charge on any atom is 0.263 e. The van der Waals surface area contributed by atoms with Crippen LogP contribution in [0.25, 0.3) is 22.6 Å². The summed E-state index contributed by atoms with van der Waals surface area (Å²) in [6.45, 7) is 6.28. The molecule has 0 radical (unpaired) electrons. The monoisotopic (exact) mass is 433 g/mol. The predicted octanol–water partition coefficient (Wildman–Crippen LogP) is 1.98. The molecule has 10 nitrogen and oxygen atoms in total. The molecule has 0 saturated carbocycles. The number of aryl methyl sites for hydroxylation is 2. The van der Waals surface area contributed by atoms with Crippen molar-refractivity contribution < 1.29 is 22.9 Å². The van der Waals surface area contributed by atoms with Gasteiger partial charge < -0.3 is 15.4 Å². The Kier molecular flexibility index (Phi) is 5.90. The van der Waals surface area contributed by atoms with Gasteiger partial charge in [-0.15, -0.1) is 0 Å². The second kappa shape index (κ2) is 8.11. The van der Waals surface area contributed by atoms with Gasteiger partial charge in [0, 0.05) is 17.3 Å². The minimum atomic E-state index is -4.06. The second-order valence-electron chi connectivity index (χ2n) is 7.49. The zero-order chi connectivity index (χ0) is 22.1. The highest BCUT2D eigenvalue weighted by molar-refractivity contribution is 7.89. The number of pyridine rings is 1. The van der Waals surface area contributed by atoms with Crippen LogP contribution in [0.2, 0.25) is 0 Å². The lowest BCUT2D eigenvalue weighted by Crippen LogP contribution is -2.33. The number of nitrogen functional groups attached to an aromatic ring is 1. The van der Waals surface area contributed by atoms with Crippen molar-refractivity contribution in [1.29, 1.82) is 0 Å². The lowest BCUT2D eigenvalue weighted by Gasteiger charge is -2.18. The van der Waals surface area contributed by atoms with E-state index in [4.69, 9.17) is 15.1 Å². The van der Waals surface area contributed by atoms with Crippen molar-refractivity contribution in [2.24, 2.45) is 0 Å². The highest BCUT2D eigenvalue weighted by atomic mass is 32.2. The summed E-state index contributed by atoms with van der Waals surface area (Å²) in [7, 11) is -4.06. The van der Waals surface area contributed by atoms with E-state index in [2.05, 4.69) is 15.1 Å². The van der Waals surface area contributed by atoms with Crippen LogP contribution in [0, 0.1) is 13.8 Å². The molecule has 3 rings (SSSR count). The third kappa shape index (κ3) is 5.00. The summed E-state index contributed by atoms with van der Waals surface area (Å²) in [5, 5.41) is 13.5. The third-order valence-corrected chi connectivity index (χ3v) is 5.28. The van der Waals surface area contributed by atoms with E-state index in [0.29, 0.717) is 22.5 Å². The van der Waals surface area contributed by atoms with Crippen LogP contribution in [-0.2, 0) is 14.9 Å². The number of aliphatic hydroxyl groups is 1. The van der Waals surface area contributed by atoms with Gasteiger partial charge in [0.15, 0.2) is 5.82 Å². The molecule has 0 amide bonds. The van der Waals surface area contributed by atoms with E-state index in [9.17, 15) is 13.5 Å². The largest absolute Gasteiger partial charge is 0.388 e. The highest BCUT2D eigenvalue weighted by Crippen LogP contribution is 2.32. The van der Waals surface area contributed by atoms with Crippen LogP contribution in [0.4, 0.5) is 5.82 Å². The van der Waals surface area contributed by atoms with E-state index in [-0.39, 0.29) is 23.2 Å². The number of hydrogen-bond acceptors (Lipinski definition) is 9. The van der Waals surface area contributed by atoms with Crippen LogP contribution in [0.1, 0.15) is 25.2 Å². The van der Waals surface area contributed by atoms with E-state index >= 15 is 0 Å². The Labute approximate surface area is 174 Å². The zero-order valence-electron chi connectivity index (χ0n) is 17.0. The van der Waals surface area contributed by atoms with Gasteiger partial charge in [0.2, 0.25) is 0 Å². The Hall–Kier alpha value is -2.86. The second-order valence-corrected chi connectivity index (χ2v) is 9.10. The maximum absolute atomic E-state index is 12.8. The van der Waals surface area contributed by atoms with Crippen LogP contribution in [-0.4, -0.2) is 40.9 Å². The number of nitrogens with one attached hydrogen (secondary N) is 1. The molecular weight excluding hydrogens is 410 g/mol. The molecular formula is C19H23N5O5S. The van der Waals surface area contributed by atoms with E-state index in [1.807, 2.05) is 11.8 Å². The van der Waals surface area contributed by atoms with Gasteiger partial charge in [-0.25, -0.2) is 13.4 Å². The molecule has 11 heteroatoms. The van der Waals surface area contributed by atoms with Crippen molar-refractivity contribution in [3.63, 3.8) is 0 Å². The first kappa shape index (κ1) is 21.8. The van der Waals surface area contributed by atoms with Gasteiger partial charge in [-0.05, 0) is 39.8 Å². The van der Waals surface area contributed by atoms with Gasteiger partial charge in [-0.1, -0.05) is 27.7 Å². The number of benzene rings is 1. The van der Waals surface area contributed by atoms with Gasteiger partial charge in [0.25, 0.3) is 15.9 Å². The molecule has 0 aliphatic rings. The predicted molar refractivity (Wildman–Crippen MR) is 109 cm³/mol. The Morgan fingerprint density at radius 1 is 1.23 bits per heavy atom. The molecule has 0 atom stereocenters. The lowest BCUT2D eigenvalue weighted by molar-refractivity contribution is -0.0380. The number of aromatic nitrogens is 3. The maximum atomic E-state index is 12.8. The lowest BCUT2D eigenvalue weighted by atomic mass is 10.0. The summed E-state index contributed by atoms with van der Waals surface area (Å²) in [5.74, 6) is 0.788. The summed E-state index contributed by atoms with van der Waals surface area (Å²) in [5.41, 5.74) is 6.87. The van der Waals surface area contributed by atoms with Crippen molar-refractivity contribution in [3.8, 4) is 22.6 Å². The average molecular weight is 433 g/mol. The first-order valence-corrected chi connectivity index (χ1v) is 10.5. The molecule has 4 N–H and O–H groups in total. The molecule has 2 aromatic heterocycles. The summed E-state index contributed by atoms with van der Waals surface area (Å²) in [4.78, 5) is 15.3. The Morgan fingerprint density at radius 3 is 2.60 bits per heavy atom. The quantitative estimate of drug-likeness (QED) is 0.474. The molecule has 0 aliphatic carbocycles. The SMILES string of the molecule is Cc1ccc(S(=O)(=O)NOCC(C)(C)O)c(-c2cnc(N)c(-c3nc(C)no3)c2)c1. The van der Waals surface area contributed by atoms with Crippen LogP contribution in [0.15, 0.2) is 39.9 Å². The number of sulfonamides is 1. The van der Waals surface area contributed by atoms with Crippen molar-refractivity contribution in [1.82, 2.24) is 20.0 Å². The van der Waals surface area contributed by atoms with Crippen molar-refractivity contribution in [2.45, 2.75) is 38.2 Å². The molecule has 30 heavy (non-hydrogen) atoms. The van der Waals surface area contributed by atoms with E-state index in [1.54, 1.807) is 25.1 Å². The summed E-state index contributed by atoms with van der Waals surface area (Å²) < 4.78 is 30.9. The van der Waals surface area contributed by atoms with Crippen molar-refractivity contribution in [2.75, 3.05) is 12.3 Å². The molecule has 3 aromatic rings. The molecule has 0 unspecified atom stereocenters. The average Bonchev–Trinajstić information content (AvgIpc) is 3.06. The molecule has 0 saturated heterocycles. The van der Waals surface area contributed by atoms with Crippen LogP contribution >= 0.6 is 0 Å². The number of hydrogen-bond donors (Lipinski definition) is 3. The molecule has 0 spiro atoms. The van der Waals surface area contributed by atoms with Crippen LogP contribution in [0.5, 0.6) is 0 Å². The number of rotatable bonds is 7. The van der Waals surface area contributed by atoms with E-state index in [1.165, 1.54) is 26.1 Å². The highest BCUT2D eigenvalue weighted by Gasteiger charge is 2.23. The fourth-order valence-electron chi connectivity index (χ4n) is 2.63. The van der Waals surface area contributed by atoms with Gasteiger partial charge in [-0.2, -0.15) is 4.98 Å².